The number of hydrazone groups is 1. The number of nitrogens with one attached hydrogen (secondary N) is 1. The first-order valence-electron chi connectivity index (χ1n) is 7.83. The van der Waals surface area contributed by atoms with Crippen molar-refractivity contribution in [3.63, 3.8) is 0 Å². The lowest BCUT2D eigenvalue weighted by molar-refractivity contribution is -0.123. The summed E-state index contributed by atoms with van der Waals surface area (Å²) in [4.78, 5) is 11.9. The molecule has 0 saturated carbocycles. The van der Waals surface area contributed by atoms with Crippen LogP contribution in [0.4, 0.5) is 0 Å². The Hall–Kier alpha value is -3.85. The summed E-state index contributed by atoms with van der Waals surface area (Å²) in [6.45, 7) is -0.280. The average Bonchev–Trinajstić information content (AvgIpc) is 2.68. The van der Waals surface area contributed by atoms with Crippen molar-refractivity contribution < 1.29 is 14.6 Å². The molecule has 26 heavy (non-hydrogen) atoms. The van der Waals surface area contributed by atoms with Gasteiger partial charge in [-0.2, -0.15) is 10.4 Å². The fourth-order valence-corrected chi connectivity index (χ4v) is 2.45. The maximum atomic E-state index is 11.9. The van der Waals surface area contributed by atoms with Crippen molar-refractivity contribution in [2.24, 2.45) is 5.10 Å². The van der Waals surface area contributed by atoms with Gasteiger partial charge in [-0.15, -0.1) is 0 Å². The molecule has 0 heterocycles. The maximum Gasteiger partial charge on any atom is 0.277 e. The normalized spacial score (nSPS) is 10.6. The monoisotopic (exact) mass is 345 g/mol. The van der Waals surface area contributed by atoms with Crippen molar-refractivity contribution >= 4 is 22.9 Å². The number of nitrogens with zero attached hydrogens (tertiary/aromatic N) is 2. The van der Waals surface area contributed by atoms with Gasteiger partial charge in [0.2, 0.25) is 0 Å². The molecule has 0 aromatic heterocycles. The Morgan fingerprint density at radius 1 is 1.15 bits per heavy atom. The van der Waals surface area contributed by atoms with E-state index < -0.39 is 5.91 Å². The second-order valence-electron chi connectivity index (χ2n) is 5.41. The molecule has 0 atom stereocenters. The zero-order valence-electron chi connectivity index (χ0n) is 13.7. The van der Waals surface area contributed by atoms with Crippen LogP contribution in [-0.4, -0.2) is 23.8 Å². The van der Waals surface area contributed by atoms with Gasteiger partial charge in [0, 0.05) is 5.56 Å². The highest BCUT2D eigenvalue weighted by Gasteiger charge is 2.07. The number of hydrogen-bond donors (Lipinski definition) is 2. The molecule has 6 nitrogen and oxygen atoms in total. The first kappa shape index (κ1) is 17.0. The summed E-state index contributed by atoms with van der Waals surface area (Å²) in [5.74, 6) is -0.0737. The topological polar surface area (TPSA) is 94.7 Å². The number of nitriles is 1. The van der Waals surface area contributed by atoms with E-state index >= 15 is 0 Å². The summed E-state index contributed by atoms with van der Waals surface area (Å²) in [6.07, 6.45) is 1.39. The molecule has 1 amide bonds. The summed E-state index contributed by atoms with van der Waals surface area (Å²) >= 11 is 0. The van der Waals surface area contributed by atoms with Crippen LogP contribution in [0.15, 0.2) is 65.8 Å². The Labute approximate surface area is 150 Å². The molecular weight excluding hydrogens is 330 g/mol. The van der Waals surface area contributed by atoms with Gasteiger partial charge in [0.1, 0.15) is 17.6 Å². The molecule has 0 unspecified atom stereocenters. The molecule has 128 valence electrons. The minimum Gasteiger partial charge on any atom is -0.507 e. The summed E-state index contributed by atoms with van der Waals surface area (Å²) in [5.41, 5.74) is 3.21. The molecule has 0 aliphatic carbocycles. The molecular formula is C20H15N3O3. The van der Waals surface area contributed by atoms with Crippen LogP contribution in [0.5, 0.6) is 11.5 Å². The van der Waals surface area contributed by atoms with E-state index in [1.165, 1.54) is 6.21 Å². The van der Waals surface area contributed by atoms with E-state index in [-0.39, 0.29) is 12.4 Å². The highest BCUT2D eigenvalue weighted by molar-refractivity contribution is 6.02. The number of rotatable bonds is 5. The van der Waals surface area contributed by atoms with Crippen LogP contribution < -0.4 is 10.2 Å². The summed E-state index contributed by atoms with van der Waals surface area (Å²) in [7, 11) is 0. The first-order valence-corrected chi connectivity index (χ1v) is 7.83. The Morgan fingerprint density at radius 2 is 1.92 bits per heavy atom. The molecule has 0 aliphatic heterocycles. The maximum absolute atomic E-state index is 11.9. The van der Waals surface area contributed by atoms with Crippen LogP contribution >= 0.6 is 0 Å². The van der Waals surface area contributed by atoms with Crippen molar-refractivity contribution in [1.29, 1.82) is 5.26 Å². The quantitative estimate of drug-likeness (QED) is 0.549. The van der Waals surface area contributed by atoms with E-state index in [9.17, 15) is 9.90 Å². The molecule has 0 aliphatic rings. The van der Waals surface area contributed by atoms with Crippen LogP contribution in [0.2, 0.25) is 0 Å². The third-order valence-electron chi connectivity index (χ3n) is 3.70. The van der Waals surface area contributed by atoms with Gasteiger partial charge >= 0.3 is 0 Å². The van der Waals surface area contributed by atoms with Gasteiger partial charge in [-0.25, -0.2) is 5.43 Å². The third-order valence-corrected chi connectivity index (χ3v) is 3.70. The zero-order valence-corrected chi connectivity index (χ0v) is 13.7. The number of phenolic OH excluding ortho intramolecular Hbond substituents is 1. The standard InChI is InChI=1S/C20H15N3O3/c21-11-15-6-2-4-8-19(15)26-13-20(25)23-22-12-17-16-7-3-1-5-14(16)9-10-18(17)24/h1-10,12,24H,13H2,(H,23,25)/b22-12-. The molecule has 0 saturated heterocycles. The Balaban J connectivity index is 1.65. The fourth-order valence-electron chi connectivity index (χ4n) is 2.45. The molecule has 0 spiro atoms. The van der Waals surface area contributed by atoms with Crippen molar-refractivity contribution in [2.75, 3.05) is 6.61 Å². The van der Waals surface area contributed by atoms with Crippen LogP contribution in [0.25, 0.3) is 10.8 Å². The van der Waals surface area contributed by atoms with Gasteiger partial charge in [0.15, 0.2) is 6.61 Å². The summed E-state index contributed by atoms with van der Waals surface area (Å²) in [6, 6.07) is 19.6. The van der Waals surface area contributed by atoms with Crippen molar-refractivity contribution in [3.05, 3.63) is 71.8 Å². The predicted octanol–water partition coefficient (Wildman–Crippen LogP) is 2.95. The van der Waals surface area contributed by atoms with Gasteiger partial charge in [0.25, 0.3) is 5.91 Å². The molecule has 0 radical (unpaired) electrons. The van der Waals surface area contributed by atoms with E-state index in [0.29, 0.717) is 16.9 Å². The number of aromatic hydroxyl groups is 1. The van der Waals surface area contributed by atoms with Crippen molar-refractivity contribution in [3.8, 4) is 17.6 Å². The molecule has 3 rings (SSSR count). The Kier molecular flexibility index (Phi) is 5.11. The van der Waals surface area contributed by atoms with Crippen molar-refractivity contribution in [1.82, 2.24) is 5.43 Å². The largest absolute Gasteiger partial charge is 0.507 e. The first-order chi connectivity index (χ1) is 12.7. The van der Waals surface area contributed by atoms with Crippen LogP contribution in [0.3, 0.4) is 0 Å². The predicted molar refractivity (Wildman–Crippen MR) is 98.0 cm³/mol. The number of ether oxygens (including phenoxy) is 1. The molecule has 3 aromatic rings. The van der Waals surface area contributed by atoms with Crippen molar-refractivity contribution in [2.45, 2.75) is 0 Å². The SMILES string of the molecule is N#Cc1ccccc1OCC(=O)N/N=C\c1c(O)ccc2ccccc12. The number of carbonyl (C=O) groups excluding carboxylic acids is 1. The zero-order chi connectivity index (χ0) is 18.4. The minimum absolute atomic E-state index is 0.0703. The van der Waals surface area contributed by atoms with Gasteiger partial charge in [-0.3, -0.25) is 4.79 Å². The summed E-state index contributed by atoms with van der Waals surface area (Å²) < 4.78 is 5.33. The second-order valence-corrected chi connectivity index (χ2v) is 5.41. The van der Waals surface area contributed by atoms with E-state index in [2.05, 4.69) is 10.5 Å². The highest BCUT2D eigenvalue weighted by atomic mass is 16.5. The number of para-hydroxylation sites is 1. The fraction of sp³-hybridized carbons (Fsp3) is 0.0500. The Bertz CT molecular complexity index is 1020. The van der Waals surface area contributed by atoms with E-state index in [4.69, 9.17) is 10.00 Å². The molecule has 6 heteroatoms. The third kappa shape index (κ3) is 3.79. The molecule has 3 aromatic carbocycles. The molecule has 0 bridgehead atoms. The summed E-state index contributed by atoms with van der Waals surface area (Å²) in [5, 5.41) is 24.7. The number of amides is 1. The van der Waals surface area contributed by atoms with Crippen LogP contribution in [-0.2, 0) is 4.79 Å². The van der Waals surface area contributed by atoms with E-state index in [1.807, 2.05) is 30.3 Å². The lowest BCUT2D eigenvalue weighted by atomic mass is 10.0. The number of carbonyl (C=O) groups is 1. The second kappa shape index (κ2) is 7.81. The lowest BCUT2D eigenvalue weighted by Crippen LogP contribution is -2.24. The molecule has 0 fully saturated rings. The van der Waals surface area contributed by atoms with Gasteiger partial charge < -0.3 is 9.84 Å². The van der Waals surface area contributed by atoms with E-state index in [1.54, 1.807) is 36.4 Å². The van der Waals surface area contributed by atoms with Gasteiger partial charge in [-0.1, -0.05) is 42.5 Å². The number of hydrogen-bond acceptors (Lipinski definition) is 5. The van der Waals surface area contributed by atoms with Crippen LogP contribution in [0, 0.1) is 11.3 Å². The van der Waals surface area contributed by atoms with Gasteiger partial charge in [0.05, 0.1) is 11.8 Å². The number of phenols is 1. The number of benzene rings is 3. The Morgan fingerprint density at radius 3 is 2.77 bits per heavy atom. The average molecular weight is 345 g/mol. The highest BCUT2D eigenvalue weighted by Crippen LogP contribution is 2.25. The number of fused-ring (bicyclic) bond motifs is 1. The van der Waals surface area contributed by atoms with Gasteiger partial charge in [-0.05, 0) is 29.0 Å². The van der Waals surface area contributed by atoms with E-state index in [0.717, 1.165) is 10.8 Å². The smallest absolute Gasteiger partial charge is 0.277 e. The minimum atomic E-state index is -0.478. The van der Waals surface area contributed by atoms with Crippen LogP contribution in [0.1, 0.15) is 11.1 Å². The molecule has 2 N–H and O–H groups in total. The lowest BCUT2D eigenvalue weighted by Gasteiger charge is -2.07.